The molecule has 0 aromatic heterocycles. The summed E-state index contributed by atoms with van der Waals surface area (Å²) in [5.41, 5.74) is 2.49. The summed E-state index contributed by atoms with van der Waals surface area (Å²) in [4.78, 5) is 0. The molecule has 0 radical (unpaired) electrons. The van der Waals surface area contributed by atoms with Crippen molar-refractivity contribution in [2.24, 2.45) is 5.41 Å². The highest BCUT2D eigenvalue weighted by molar-refractivity contribution is 5.64. The van der Waals surface area contributed by atoms with Gasteiger partial charge in [0.1, 0.15) is 29.6 Å². The first-order valence-electron chi connectivity index (χ1n) is 13.6. The minimum Gasteiger partial charge on any atom is -0.494 e. The second-order valence-electron chi connectivity index (χ2n) is 10.2. The summed E-state index contributed by atoms with van der Waals surface area (Å²) in [6, 6.07) is 24.3. The number of ether oxygens (including phenoxy) is 5. The lowest BCUT2D eigenvalue weighted by atomic mass is 9.90. The summed E-state index contributed by atoms with van der Waals surface area (Å²) >= 11 is 0. The molecule has 5 nitrogen and oxygen atoms in total. The number of hydrogen-bond acceptors (Lipinski definition) is 5. The molecule has 1 fully saturated rings. The van der Waals surface area contributed by atoms with Gasteiger partial charge in [0.25, 0.3) is 0 Å². The summed E-state index contributed by atoms with van der Waals surface area (Å²) in [6.07, 6.45) is 7.35. The monoisotopic (exact) mass is 516 g/mol. The van der Waals surface area contributed by atoms with Gasteiger partial charge in [0.15, 0.2) is 0 Å². The third-order valence-electron chi connectivity index (χ3n) is 6.55. The first-order valence-corrected chi connectivity index (χ1v) is 13.6. The molecular formula is C33H40O5. The second-order valence-corrected chi connectivity index (χ2v) is 10.2. The SMILES string of the molecule is C=CCOc1ccc(OCCCCCCCOc2ccc(-c3ccc(OCC4(C)COC4)cc3)cc2)cc1. The van der Waals surface area contributed by atoms with Crippen LogP contribution in [-0.4, -0.2) is 39.6 Å². The lowest BCUT2D eigenvalue weighted by molar-refractivity contribution is -0.120. The molecular weight excluding hydrogens is 476 g/mol. The van der Waals surface area contributed by atoms with Crippen LogP contribution in [0.4, 0.5) is 0 Å². The minimum atomic E-state index is 0.152. The third kappa shape index (κ3) is 8.84. The quantitative estimate of drug-likeness (QED) is 0.136. The lowest BCUT2D eigenvalue weighted by Crippen LogP contribution is -2.44. The molecule has 4 rings (SSSR count). The largest absolute Gasteiger partial charge is 0.494 e. The van der Waals surface area contributed by atoms with E-state index in [-0.39, 0.29) is 5.41 Å². The van der Waals surface area contributed by atoms with Gasteiger partial charge in [-0.2, -0.15) is 0 Å². The van der Waals surface area contributed by atoms with Gasteiger partial charge in [0.2, 0.25) is 0 Å². The topological polar surface area (TPSA) is 46.2 Å². The summed E-state index contributed by atoms with van der Waals surface area (Å²) < 4.78 is 28.5. The maximum atomic E-state index is 5.94. The highest BCUT2D eigenvalue weighted by Crippen LogP contribution is 2.29. The van der Waals surface area contributed by atoms with Crippen molar-refractivity contribution in [3.63, 3.8) is 0 Å². The van der Waals surface area contributed by atoms with Gasteiger partial charge in [-0.25, -0.2) is 0 Å². The van der Waals surface area contributed by atoms with E-state index in [0.717, 1.165) is 75.1 Å². The number of hydrogen-bond donors (Lipinski definition) is 0. The summed E-state index contributed by atoms with van der Waals surface area (Å²) in [7, 11) is 0. The third-order valence-corrected chi connectivity index (χ3v) is 6.55. The fourth-order valence-corrected chi connectivity index (χ4v) is 4.18. The van der Waals surface area contributed by atoms with Gasteiger partial charge in [0, 0.05) is 5.41 Å². The molecule has 3 aromatic carbocycles. The van der Waals surface area contributed by atoms with Crippen LogP contribution in [0.1, 0.15) is 39.0 Å². The molecule has 202 valence electrons. The first-order chi connectivity index (χ1) is 18.6. The molecule has 38 heavy (non-hydrogen) atoms. The average molecular weight is 517 g/mol. The fourth-order valence-electron chi connectivity index (χ4n) is 4.18. The van der Waals surface area contributed by atoms with Crippen LogP contribution >= 0.6 is 0 Å². The molecule has 5 heteroatoms. The van der Waals surface area contributed by atoms with Crippen molar-refractivity contribution in [2.45, 2.75) is 39.0 Å². The van der Waals surface area contributed by atoms with Gasteiger partial charge < -0.3 is 23.7 Å². The molecule has 0 aliphatic carbocycles. The highest BCUT2D eigenvalue weighted by Gasteiger charge is 2.34. The molecule has 0 N–H and O–H groups in total. The summed E-state index contributed by atoms with van der Waals surface area (Å²) in [6.45, 7) is 10.1. The predicted octanol–water partition coefficient (Wildman–Crippen LogP) is 7.74. The maximum absolute atomic E-state index is 5.94. The van der Waals surface area contributed by atoms with Crippen LogP contribution in [0.2, 0.25) is 0 Å². The van der Waals surface area contributed by atoms with Crippen molar-refractivity contribution in [3.8, 4) is 34.1 Å². The Morgan fingerprint density at radius 1 is 0.632 bits per heavy atom. The fraction of sp³-hybridized carbons (Fsp3) is 0.394. The molecule has 1 aliphatic heterocycles. The molecule has 0 spiro atoms. The summed E-state index contributed by atoms with van der Waals surface area (Å²) in [5.74, 6) is 3.52. The standard InChI is InChI=1S/C33H40O5/c1-3-21-35-30-17-19-31(20-18-30)37-23-8-6-4-5-7-22-36-29-13-9-27(10-14-29)28-11-15-32(16-12-28)38-26-33(2)24-34-25-33/h3,9-20H,1,4-8,21-26H2,2H3. The molecule has 0 atom stereocenters. The van der Waals surface area contributed by atoms with Crippen molar-refractivity contribution in [2.75, 3.05) is 39.6 Å². The normalized spacial score (nSPS) is 13.8. The average Bonchev–Trinajstić information content (AvgIpc) is 2.94. The molecule has 0 saturated carbocycles. The van der Waals surface area contributed by atoms with Crippen LogP contribution in [0.25, 0.3) is 11.1 Å². The Hall–Kier alpha value is -3.44. The van der Waals surface area contributed by atoms with Crippen molar-refractivity contribution in [1.82, 2.24) is 0 Å². The number of rotatable bonds is 17. The molecule has 1 heterocycles. The second kappa shape index (κ2) is 14.5. The van der Waals surface area contributed by atoms with Crippen molar-refractivity contribution < 1.29 is 23.7 Å². The van der Waals surface area contributed by atoms with E-state index in [1.807, 2.05) is 48.5 Å². The van der Waals surface area contributed by atoms with E-state index in [0.29, 0.717) is 13.2 Å². The van der Waals surface area contributed by atoms with E-state index < -0.39 is 0 Å². The van der Waals surface area contributed by atoms with E-state index in [1.54, 1.807) is 6.08 Å². The van der Waals surface area contributed by atoms with Crippen LogP contribution in [0, 0.1) is 5.41 Å². The van der Waals surface area contributed by atoms with Crippen LogP contribution in [0.15, 0.2) is 85.5 Å². The number of unbranched alkanes of at least 4 members (excludes halogenated alkanes) is 4. The van der Waals surface area contributed by atoms with Crippen molar-refractivity contribution in [3.05, 3.63) is 85.5 Å². The Bertz CT molecular complexity index is 1090. The van der Waals surface area contributed by atoms with Crippen LogP contribution in [0.3, 0.4) is 0 Å². The maximum Gasteiger partial charge on any atom is 0.120 e. The molecule has 0 amide bonds. The van der Waals surface area contributed by atoms with Gasteiger partial charge in [-0.1, -0.05) is 63.1 Å². The Labute approximate surface area is 227 Å². The highest BCUT2D eigenvalue weighted by atomic mass is 16.5. The van der Waals surface area contributed by atoms with E-state index in [4.69, 9.17) is 23.7 Å². The molecule has 3 aromatic rings. The zero-order chi connectivity index (χ0) is 26.5. The Balaban J connectivity index is 1.04. The van der Waals surface area contributed by atoms with E-state index in [1.165, 1.54) is 17.5 Å². The Morgan fingerprint density at radius 3 is 1.50 bits per heavy atom. The molecule has 0 unspecified atom stereocenters. The van der Waals surface area contributed by atoms with Gasteiger partial charge in [-0.3, -0.25) is 0 Å². The van der Waals surface area contributed by atoms with Crippen molar-refractivity contribution >= 4 is 0 Å². The van der Waals surface area contributed by atoms with E-state index in [9.17, 15) is 0 Å². The van der Waals surface area contributed by atoms with E-state index >= 15 is 0 Å². The van der Waals surface area contributed by atoms with Gasteiger partial charge in [-0.05, 0) is 72.5 Å². The first kappa shape index (κ1) is 27.6. The smallest absolute Gasteiger partial charge is 0.120 e. The van der Waals surface area contributed by atoms with Gasteiger partial charge in [0.05, 0.1) is 33.0 Å². The van der Waals surface area contributed by atoms with Gasteiger partial charge in [-0.15, -0.1) is 0 Å². The molecule has 1 saturated heterocycles. The zero-order valence-electron chi connectivity index (χ0n) is 22.5. The predicted molar refractivity (Wildman–Crippen MR) is 153 cm³/mol. The van der Waals surface area contributed by atoms with Crippen LogP contribution in [0.5, 0.6) is 23.0 Å². The minimum absolute atomic E-state index is 0.152. The molecule has 1 aliphatic rings. The Morgan fingerprint density at radius 2 is 1.05 bits per heavy atom. The van der Waals surface area contributed by atoms with Gasteiger partial charge >= 0.3 is 0 Å². The summed E-state index contributed by atoms with van der Waals surface area (Å²) in [5, 5.41) is 0. The zero-order valence-corrected chi connectivity index (χ0v) is 22.5. The van der Waals surface area contributed by atoms with Crippen molar-refractivity contribution in [1.29, 1.82) is 0 Å². The molecule has 0 bridgehead atoms. The van der Waals surface area contributed by atoms with Crippen LogP contribution < -0.4 is 18.9 Å². The Kier molecular flexibility index (Phi) is 10.5. The number of benzene rings is 3. The lowest BCUT2D eigenvalue weighted by Gasteiger charge is -2.37. The van der Waals surface area contributed by atoms with E-state index in [2.05, 4.69) is 37.8 Å². The van der Waals surface area contributed by atoms with Crippen LogP contribution in [-0.2, 0) is 4.74 Å².